The minimum Gasteiger partial charge on any atom is -0.489 e. The second-order valence-electron chi connectivity index (χ2n) is 11.4. The van der Waals surface area contributed by atoms with Crippen LogP contribution in [-0.2, 0) is 57.0 Å². The number of ether oxygens (including phenoxy) is 2. The molecule has 1 aliphatic heterocycles. The third kappa shape index (κ3) is 9.58. The molecule has 0 radical (unpaired) electrons. The van der Waals surface area contributed by atoms with E-state index in [-0.39, 0.29) is 21.6 Å². The highest BCUT2D eigenvalue weighted by Gasteiger charge is 2.58. The van der Waals surface area contributed by atoms with Gasteiger partial charge in [-0.25, -0.2) is 14.6 Å². The van der Waals surface area contributed by atoms with Gasteiger partial charge in [0.2, 0.25) is 6.20 Å². The molecule has 4 rings (SSSR count). The van der Waals surface area contributed by atoms with E-state index < -0.39 is 70.3 Å². The summed E-state index contributed by atoms with van der Waals surface area (Å²) in [5, 5.41) is 7.24. The first-order valence-corrected chi connectivity index (χ1v) is 17.0. The summed E-state index contributed by atoms with van der Waals surface area (Å²) in [6.07, 6.45) is -3.22. The van der Waals surface area contributed by atoms with E-state index in [1.165, 1.54) is 31.4 Å². The van der Waals surface area contributed by atoms with Crippen LogP contribution in [0.2, 0.25) is 0 Å². The van der Waals surface area contributed by atoms with E-state index in [0.717, 1.165) is 28.9 Å². The summed E-state index contributed by atoms with van der Waals surface area (Å²) in [4.78, 5) is 59.1. The number of nitrogens with two attached hydrogens (primary N) is 2. The van der Waals surface area contributed by atoms with Crippen LogP contribution in [0.3, 0.4) is 0 Å². The third-order valence-corrected chi connectivity index (χ3v) is 8.27. The first kappa shape index (κ1) is 39.6. The van der Waals surface area contributed by atoms with Crippen molar-refractivity contribution in [3.05, 3.63) is 47.7 Å². The van der Waals surface area contributed by atoms with Crippen LogP contribution in [0, 0.1) is 0 Å². The van der Waals surface area contributed by atoms with Gasteiger partial charge >= 0.3 is 28.5 Å². The lowest BCUT2D eigenvalue weighted by atomic mass is 9.84. The number of rotatable bonds is 15. The SMILES string of the molecule is C[n+]1cc(-c2ccc(OC[C@H](O/N=C(\C(=O)N[C@@H]3C(=O)N(OS(=O)(=O)O)C3(C)C)c3csc(N)n3)C(=O)OC(=O)C(F)(F)F)cc2)cn1CCCN. The highest BCUT2D eigenvalue weighted by atomic mass is 32.3. The molecule has 1 fully saturated rings. The Morgan fingerprint density at radius 2 is 1.88 bits per heavy atom. The molecule has 1 aromatic carbocycles. The number of nitrogens with zero attached hydrogens (tertiary/aromatic N) is 5. The van der Waals surface area contributed by atoms with Gasteiger partial charge in [0.25, 0.3) is 17.9 Å². The number of amides is 2. The van der Waals surface area contributed by atoms with Crippen LogP contribution in [0.1, 0.15) is 26.0 Å². The van der Waals surface area contributed by atoms with Gasteiger partial charge in [0, 0.05) is 5.38 Å². The highest BCUT2D eigenvalue weighted by Crippen LogP contribution is 2.33. The minimum absolute atomic E-state index is 0.0809. The maximum Gasteiger partial charge on any atom is 0.491 e. The summed E-state index contributed by atoms with van der Waals surface area (Å²) in [7, 11) is -3.26. The fraction of sp³-hybridized carbons (Fsp3) is 0.393. The second kappa shape index (κ2) is 15.6. The number of oxime groups is 1. The van der Waals surface area contributed by atoms with Crippen molar-refractivity contribution in [2.75, 3.05) is 18.9 Å². The second-order valence-corrected chi connectivity index (χ2v) is 13.3. The van der Waals surface area contributed by atoms with E-state index in [0.29, 0.717) is 13.1 Å². The van der Waals surface area contributed by atoms with Crippen LogP contribution in [0.25, 0.3) is 11.1 Å². The predicted molar refractivity (Wildman–Crippen MR) is 171 cm³/mol. The number of aromatic nitrogens is 3. The number of anilines is 1. The average Bonchev–Trinajstić information content (AvgIpc) is 3.66. The monoisotopic (exact) mass is 777 g/mol. The van der Waals surface area contributed by atoms with Gasteiger partial charge in [-0.2, -0.15) is 31.3 Å². The maximum absolute atomic E-state index is 13.3. The topological polar surface area (TPSA) is 261 Å². The third-order valence-electron chi connectivity index (χ3n) is 7.26. The zero-order valence-electron chi connectivity index (χ0n) is 27.4. The van der Waals surface area contributed by atoms with Gasteiger partial charge in [-0.1, -0.05) is 17.3 Å². The van der Waals surface area contributed by atoms with Crippen molar-refractivity contribution >= 4 is 56.3 Å². The molecular weight excluding hydrogens is 745 g/mol. The lowest BCUT2D eigenvalue weighted by Crippen LogP contribution is -2.76. The van der Waals surface area contributed by atoms with Gasteiger partial charge in [-0.3, -0.25) is 14.1 Å². The lowest BCUT2D eigenvalue weighted by Gasteiger charge is -2.50. The van der Waals surface area contributed by atoms with Crippen LogP contribution in [0.5, 0.6) is 5.75 Å². The molecule has 6 N–H and O–H groups in total. The molecule has 3 aromatic rings. The van der Waals surface area contributed by atoms with Crippen molar-refractivity contribution in [3.8, 4) is 16.9 Å². The molecule has 0 aliphatic carbocycles. The molecule has 0 unspecified atom stereocenters. The van der Waals surface area contributed by atoms with E-state index in [1.54, 1.807) is 12.1 Å². The number of benzene rings is 1. The lowest BCUT2D eigenvalue weighted by molar-refractivity contribution is -0.753. The van der Waals surface area contributed by atoms with Gasteiger partial charge < -0.3 is 31.1 Å². The molecule has 19 nitrogen and oxygen atoms in total. The van der Waals surface area contributed by atoms with Crippen LogP contribution < -0.4 is 26.2 Å². The smallest absolute Gasteiger partial charge is 0.489 e. The molecule has 0 saturated carbocycles. The number of β-lactam (4-membered cyclic amide) rings is 1. The van der Waals surface area contributed by atoms with Crippen LogP contribution in [-0.4, -0.2) is 94.2 Å². The average molecular weight is 778 g/mol. The fourth-order valence-electron chi connectivity index (χ4n) is 4.59. The van der Waals surface area contributed by atoms with Gasteiger partial charge in [0.15, 0.2) is 17.9 Å². The molecule has 0 spiro atoms. The number of alkyl halides is 3. The van der Waals surface area contributed by atoms with Crippen LogP contribution in [0.4, 0.5) is 18.3 Å². The Hall–Kier alpha value is -5.17. The number of esters is 2. The summed E-state index contributed by atoms with van der Waals surface area (Å²) in [6, 6.07) is 4.83. The molecule has 24 heteroatoms. The first-order chi connectivity index (χ1) is 24.2. The molecule has 3 heterocycles. The Morgan fingerprint density at radius 1 is 1.21 bits per heavy atom. The van der Waals surface area contributed by atoms with Crippen LogP contribution in [0.15, 0.2) is 47.2 Å². The summed E-state index contributed by atoms with van der Waals surface area (Å²) < 4.78 is 87.5. The highest BCUT2D eigenvalue weighted by molar-refractivity contribution is 7.80. The minimum atomic E-state index is -5.56. The summed E-state index contributed by atoms with van der Waals surface area (Å²) >= 11 is 0.827. The zero-order valence-corrected chi connectivity index (χ0v) is 29.0. The number of hydrogen-bond acceptors (Lipinski definition) is 15. The Balaban J connectivity index is 1.56. The molecule has 52 heavy (non-hydrogen) atoms. The summed E-state index contributed by atoms with van der Waals surface area (Å²) in [6.45, 7) is 2.85. The van der Waals surface area contributed by atoms with Crippen molar-refractivity contribution in [2.24, 2.45) is 17.9 Å². The van der Waals surface area contributed by atoms with E-state index in [2.05, 4.69) is 24.5 Å². The number of hydroxylamine groups is 2. The summed E-state index contributed by atoms with van der Waals surface area (Å²) in [5.74, 6) is -6.98. The molecule has 282 valence electrons. The Morgan fingerprint density at radius 3 is 2.44 bits per heavy atom. The van der Waals surface area contributed by atoms with Crippen molar-refractivity contribution in [1.82, 2.24) is 20.0 Å². The van der Waals surface area contributed by atoms with E-state index >= 15 is 0 Å². The molecule has 1 aliphatic rings. The van der Waals surface area contributed by atoms with E-state index in [4.69, 9.17) is 25.6 Å². The molecule has 2 amide bonds. The summed E-state index contributed by atoms with van der Waals surface area (Å²) in [5.41, 5.74) is 10.3. The number of halogens is 3. The molecule has 2 aromatic heterocycles. The Kier molecular flexibility index (Phi) is 11.9. The number of nitrogen functional groups attached to an aromatic ring is 1. The zero-order chi connectivity index (χ0) is 38.6. The van der Waals surface area contributed by atoms with Crippen LogP contribution >= 0.6 is 11.3 Å². The van der Waals surface area contributed by atoms with Gasteiger partial charge in [-0.05, 0) is 44.5 Å². The van der Waals surface area contributed by atoms with Gasteiger partial charge in [0.05, 0.1) is 23.8 Å². The molecular formula is C28H32F3N8O11S2+. The number of aryl methyl sites for hydroxylation is 2. The van der Waals surface area contributed by atoms with Crippen molar-refractivity contribution < 1.29 is 68.6 Å². The van der Waals surface area contributed by atoms with Gasteiger partial charge in [0.1, 0.15) is 24.1 Å². The maximum atomic E-state index is 13.3. The predicted octanol–water partition coefficient (Wildman–Crippen LogP) is 0.00750. The Bertz CT molecular complexity index is 1960. The number of carbonyl (C=O) groups is 4. The van der Waals surface area contributed by atoms with E-state index in [9.17, 15) is 40.8 Å². The van der Waals surface area contributed by atoms with Crippen molar-refractivity contribution in [2.45, 2.75) is 50.7 Å². The van der Waals surface area contributed by atoms with Crippen molar-refractivity contribution in [3.63, 3.8) is 0 Å². The standard InChI is InChI=1S/C28H31F3N8O11S2/c1-27(2)21(23(41)39(27)50-52(44,45)46)35-22(40)20(18-14-51-26(33)34-18)36-49-19(24(42)48-25(43)28(29,30)31)13-47-17-7-5-15(6-8-17)16-11-37(3)38(12-16)10-4-9-32/h5-8,11-12,14,19,21H,4,9-10,13,32H2,1-3H3,(H3-,33,34,35,40,44,45,46)/p+1/b36-20-/t19-,21+/m0/s1. The Labute approximate surface area is 296 Å². The molecule has 2 atom stereocenters. The first-order valence-electron chi connectivity index (χ1n) is 14.8. The molecule has 0 bridgehead atoms. The number of hydrogen-bond donors (Lipinski definition) is 4. The number of carbonyl (C=O) groups excluding carboxylic acids is 4. The fourth-order valence-corrected chi connectivity index (χ4v) is 5.60. The molecule has 1 saturated heterocycles. The number of nitrogens with one attached hydrogen (secondary N) is 1. The van der Waals surface area contributed by atoms with E-state index in [1.807, 2.05) is 28.8 Å². The van der Waals surface area contributed by atoms with Crippen molar-refractivity contribution in [1.29, 1.82) is 0 Å². The van der Waals surface area contributed by atoms with Gasteiger partial charge in [-0.15, -0.1) is 20.3 Å². The largest absolute Gasteiger partial charge is 0.491 e. The number of thiazole rings is 1. The quantitative estimate of drug-likeness (QED) is 0.0302. The normalized spacial score (nSPS) is 16.5.